The van der Waals surface area contributed by atoms with Gasteiger partial charge in [-0.15, -0.1) is 0 Å². The summed E-state index contributed by atoms with van der Waals surface area (Å²) in [6.45, 7) is 12.0. The maximum Gasteiger partial charge on any atom is 0.222 e. The Kier molecular flexibility index (Phi) is 6.68. The van der Waals surface area contributed by atoms with Crippen LogP contribution in [0, 0.1) is 11.3 Å². The number of hydrogen-bond acceptors (Lipinski definition) is 2. The Morgan fingerprint density at radius 2 is 1.94 bits per heavy atom. The van der Waals surface area contributed by atoms with Crippen LogP contribution >= 0.6 is 12.2 Å². The van der Waals surface area contributed by atoms with E-state index >= 15 is 0 Å². The molecule has 2 N–H and O–H groups in total. The van der Waals surface area contributed by atoms with E-state index in [0.717, 1.165) is 6.54 Å². The number of thiocarbonyl (C=S) groups is 1. The molecule has 4 heteroatoms. The Hall–Kier alpha value is -0.640. The van der Waals surface area contributed by atoms with Crippen LogP contribution in [0.15, 0.2) is 0 Å². The SMILES string of the molecule is CCN(CCC(N)=S)C(=O)CC(C)C(C)(C)C. The number of amides is 1. The zero-order valence-electron chi connectivity index (χ0n) is 11.7. The van der Waals surface area contributed by atoms with Gasteiger partial charge in [0.15, 0.2) is 0 Å². The molecule has 0 bridgehead atoms. The van der Waals surface area contributed by atoms with Crippen molar-refractivity contribution in [1.29, 1.82) is 0 Å². The molecule has 0 radical (unpaired) electrons. The molecule has 0 aromatic rings. The van der Waals surface area contributed by atoms with Gasteiger partial charge in [0.1, 0.15) is 0 Å². The van der Waals surface area contributed by atoms with Gasteiger partial charge in [0.2, 0.25) is 5.91 Å². The first-order chi connectivity index (χ1) is 7.68. The molecule has 0 aromatic carbocycles. The molecule has 0 heterocycles. The molecule has 1 atom stereocenters. The molecule has 0 aliphatic rings. The van der Waals surface area contributed by atoms with Gasteiger partial charge in [-0.3, -0.25) is 4.79 Å². The van der Waals surface area contributed by atoms with E-state index in [1.54, 1.807) is 0 Å². The molecule has 0 aliphatic heterocycles. The summed E-state index contributed by atoms with van der Waals surface area (Å²) >= 11 is 4.84. The number of hydrogen-bond donors (Lipinski definition) is 1. The van der Waals surface area contributed by atoms with Gasteiger partial charge < -0.3 is 10.6 Å². The summed E-state index contributed by atoms with van der Waals surface area (Å²) in [4.78, 5) is 14.4. The summed E-state index contributed by atoms with van der Waals surface area (Å²) < 4.78 is 0. The van der Waals surface area contributed by atoms with Gasteiger partial charge in [-0.2, -0.15) is 0 Å². The van der Waals surface area contributed by atoms with Gasteiger partial charge >= 0.3 is 0 Å². The minimum atomic E-state index is 0.165. The van der Waals surface area contributed by atoms with Gasteiger partial charge in [0.05, 0.1) is 4.99 Å². The zero-order chi connectivity index (χ0) is 13.6. The van der Waals surface area contributed by atoms with Gasteiger partial charge in [-0.25, -0.2) is 0 Å². The average Bonchev–Trinajstić information content (AvgIpc) is 2.16. The molecule has 0 spiro atoms. The fraction of sp³-hybridized carbons (Fsp3) is 0.846. The maximum absolute atomic E-state index is 12.1. The number of rotatable bonds is 6. The fourth-order valence-corrected chi connectivity index (χ4v) is 1.49. The summed E-state index contributed by atoms with van der Waals surface area (Å²) in [5.41, 5.74) is 5.62. The predicted octanol–water partition coefficient (Wildman–Crippen LogP) is 2.58. The number of carbonyl (C=O) groups excluding carboxylic acids is 1. The minimum absolute atomic E-state index is 0.165. The van der Waals surface area contributed by atoms with Crippen LogP contribution in [0.3, 0.4) is 0 Å². The molecule has 1 amide bonds. The summed E-state index contributed by atoms with van der Waals surface area (Å²) in [6.07, 6.45) is 1.20. The van der Waals surface area contributed by atoms with Crippen LogP contribution in [-0.2, 0) is 4.79 Å². The number of nitrogens with zero attached hydrogens (tertiary/aromatic N) is 1. The van der Waals surface area contributed by atoms with E-state index in [4.69, 9.17) is 18.0 Å². The molecular weight excluding hydrogens is 232 g/mol. The predicted molar refractivity (Wildman–Crippen MR) is 76.9 cm³/mol. The standard InChI is InChI=1S/C13H26N2OS/c1-6-15(8-7-11(14)17)12(16)9-10(2)13(3,4)5/h10H,6-9H2,1-5H3,(H2,14,17). The van der Waals surface area contributed by atoms with E-state index in [1.807, 2.05) is 11.8 Å². The highest BCUT2D eigenvalue weighted by molar-refractivity contribution is 7.80. The highest BCUT2D eigenvalue weighted by Gasteiger charge is 2.24. The van der Waals surface area contributed by atoms with E-state index < -0.39 is 0 Å². The van der Waals surface area contributed by atoms with Crippen molar-refractivity contribution in [2.75, 3.05) is 13.1 Å². The first-order valence-electron chi connectivity index (χ1n) is 6.24. The molecular formula is C13H26N2OS. The molecule has 0 saturated heterocycles. The van der Waals surface area contributed by atoms with Crippen LogP contribution in [0.4, 0.5) is 0 Å². The Balaban J connectivity index is 4.31. The van der Waals surface area contributed by atoms with Crippen molar-refractivity contribution in [1.82, 2.24) is 4.90 Å². The second-order valence-electron chi connectivity index (χ2n) is 5.66. The average molecular weight is 258 g/mol. The molecule has 0 rings (SSSR count). The highest BCUT2D eigenvalue weighted by atomic mass is 32.1. The summed E-state index contributed by atoms with van der Waals surface area (Å²) in [7, 11) is 0. The second-order valence-corrected chi connectivity index (χ2v) is 6.19. The molecule has 0 aliphatic carbocycles. The molecule has 0 aromatic heterocycles. The Bertz CT molecular complexity index is 271. The monoisotopic (exact) mass is 258 g/mol. The van der Waals surface area contributed by atoms with Crippen LogP contribution in [0.2, 0.25) is 0 Å². The zero-order valence-corrected chi connectivity index (χ0v) is 12.6. The van der Waals surface area contributed by atoms with Crippen molar-refractivity contribution in [3.8, 4) is 0 Å². The third-order valence-electron chi connectivity index (χ3n) is 3.32. The normalized spacial score (nSPS) is 13.2. The Morgan fingerprint density at radius 1 is 1.41 bits per heavy atom. The van der Waals surface area contributed by atoms with Crippen molar-refractivity contribution in [3.05, 3.63) is 0 Å². The second kappa shape index (κ2) is 6.94. The summed E-state index contributed by atoms with van der Waals surface area (Å²) in [5, 5.41) is 0. The van der Waals surface area contributed by atoms with Crippen LogP contribution in [-0.4, -0.2) is 28.9 Å². The Morgan fingerprint density at radius 3 is 2.29 bits per heavy atom. The van der Waals surface area contributed by atoms with E-state index in [2.05, 4.69) is 27.7 Å². The van der Waals surface area contributed by atoms with Crippen LogP contribution < -0.4 is 5.73 Å². The van der Waals surface area contributed by atoms with E-state index in [0.29, 0.717) is 30.3 Å². The summed E-state index contributed by atoms with van der Waals surface area (Å²) in [5.74, 6) is 0.569. The lowest BCUT2D eigenvalue weighted by Gasteiger charge is -2.29. The lowest BCUT2D eigenvalue weighted by atomic mass is 9.80. The van der Waals surface area contributed by atoms with Crippen LogP contribution in [0.1, 0.15) is 47.5 Å². The molecule has 0 saturated carbocycles. The minimum Gasteiger partial charge on any atom is -0.393 e. The first-order valence-corrected chi connectivity index (χ1v) is 6.65. The van der Waals surface area contributed by atoms with Crippen molar-refractivity contribution in [2.45, 2.75) is 47.5 Å². The van der Waals surface area contributed by atoms with Crippen molar-refractivity contribution >= 4 is 23.1 Å². The number of nitrogens with two attached hydrogens (primary N) is 1. The van der Waals surface area contributed by atoms with E-state index in [9.17, 15) is 4.79 Å². The lowest BCUT2D eigenvalue weighted by Crippen LogP contribution is -2.36. The molecule has 3 nitrogen and oxygen atoms in total. The smallest absolute Gasteiger partial charge is 0.222 e. The molecule has 100 valence electrons. The van der Waals surface area contributed by atoms with Gasteiger partial charge in [0.25, 0.3) is 0 Å². The van der Waals surface area contributed by atoms with E-state index in [1.165, 1.54) is 0 Å². The topological polar surface area (TPSA) is 46.3 Å². The first kappa shape index (κ1) is 16.4. The van der Waals surface area contributed by atoms with Crippen LogP contribution in [0.5, 0.6) is 0 Å². The summed E-state index contributed by atoms with van der Waals surface area (Å²) in [6, 6.07) is 0. The molecule has 1 unspecified atom stereocenters. The van der Waals surface area contributed by atoms with Gasteiger partial charge in [-0.1, -0.05) is 39.9 Å². The van der Waals surface area contributed by atoms with Crippen molar-refractivity contribution < 1.29 is 4.79 Å². The van der Waals surface area contributed by atoms with Crippen LogP contribution in [0.25, 0.3) is 0 Å². The third kappa shape index (κ3) is 6.61. The van der Waals surface area contributed by atoms with Gasteiger partial charge in [-0.05, 0) is 18.3 Å². The van der Waals surface area contributed by atoms with Crippen molar-refractivity contribution in [3.63, 3.8) is 0 Å². The number of carbonyl (C=O) groups is 1. The maximum atomic E-state index is 12.1. The molecule has 17 heavy (non-hydrogen) atoms. The largest absolute Gasteiger partial charge is 0.393 e. The highest BCUT2D eigenvalue weighted by Crippen LogP contribution is 2.28. The Labute approximate surface area is 111 Å². The van der Waals surface area contributed by atoms with E-state index in [-0.39, 0.29) is 11.3 Å². The molecule has 0 fully saturated rings. The quantitative estimate of drug-likeness (QED) is 0.745. The van der Waals surface area contributed by atoms with Crippen molar-refractivity contribution in [2.24, 2.45) is 17.1 Å². The van der Waals surface area contributed by atoms with Gasteiger partial charge in [0, 0.05) is 25.9 Å². The fourth-order valence-electron chi connectivity index (χ4n) is 1.40. The third-order valence-corrected chi connectivity index (χ3v) is 3.53. The lowest BCUT2D eigenvalue weighted by molar-refractivity contribution is -0.132.